The first kappa shape index (κ1) is 17.4. The van der Waals surface area contributed by atoms with E-state index in [0.29, 0.717) is 12.3 Å². The lowest BCUT2D eigenvalue weighted by molar-refractivity contribution is -0.118. The number of hydrogen-bond donors (Lipinski definition) is 1. The third-order valence-electron chi connectivity index (χ3n) is 4.07. The molecule has 0 spiro atoms. The average Bonchev–Trinajstić information content (AvgIpc) is 2.92. The van der Waals surface area contributed by atoms with Gasteiger partial charge in [-0.25, -0.2) is 4.98 Å². The predicted molar refractivity (Wildman–Crippen MR) is 101 cm³/mol. The third kappa shape index (κ3) is 4.14. The number of methoxy groups -OCH3 is 1. The van der Waals surface area contributed by atoms with Crippen LogP contribution in [0.5, 0.6) is 5.75 Å². The van der Waals surface area contributed by atoms with E-state index in [9.17, 15) is 4.79 Å². The van der Waals surface area contributed by atoms with Crippen molar-refractivity contribution in [3.63, 3.8) is 0 Å². The van der Waals surface area contributed by atoms with Crippen molar-refractivity contribution < 1.29 is 9.53 Å². The van der Waals surface area contributed by atoms with Gasteiger partial charge < -0.3 is 14.6 Å². The second-order valence-electron chi connectivity index (χ2n) is 5.79. The number of nitrogens with one attached hydrogen (secondary N) is 1. The number of nitrogens with zero attached hydrogens (tertiary/aromatic N) is 2. The van der Waals surface area contributed by atoms with E-state index in [2.05, 4.69) is 14.9 Å². The summed E-state index contributed by atoms with van der Waals surface area (Å²) in [5, 5.41) is 2.96. The summed E-state index contributed by atoms with van der Waals surface area (Å²) < 4.78 is 7.25. The summed E-state index contributed by atoms with van der Waals surface area (Å²) in [7, 11) is 3.64. The molecule has 0 atom stereocenters. The summed E-state index contributed by atoms with van der Waals surface area (Å²) in [4.78, 5) is 17.6. The SMILES string of the molecule is COc1cccc(SCC(=O)NCc2ccc3c(c2)nc(C)n3C)c1. The van der Waals surface area contributed by atoms with Gasteiger partial charge in [0, 0.05) is 18.5 Å². The van der Waals surface area contributed by atoms with Crippen LogP contribution in [0.1, 0.15) is 11.4 Å². The molecule has 0 aliphatic carbocycles. The van der Waals surface area contributed by atoms with Crippen LogP contribution in [0.15, 0.2) is 47.4 Å². The van der Waals surface area contributed by atoms with Crippen molar-refractivity contribution in [3.05, 3.63) is 53.9 Å². The van der Waals surface area contributed by atoms with E-state index in [-0.39, 0.29) is 5.91 Å². The number of imidazole rings is 1. The molecule has 5 nitrogen and oxygen atoms in total. The number of thioether (sulfide) groups is 1. The van der Waals surface area contributed by atoms with Crippen LogP contribution < -0.4 is 10.1 Å². The molecule has 0 aliphatic rings. The van der Waals surface area contributed by atoms with Gasteiger partial charge in [0.15, 0.2) is 0 Å². The first-order valence-corrected chi connectivity index (χ1v) is 9.01. The van der Waals surface area contributed by atoms with E-state index in [0.717, 1.165) is 33.1 Å². The average molecular weight is 355 g/mol. The number of ether oxygens (including phenoxy) is 1. The molecular formula is C19H21N3O2S. The Hall–Kier alpha value is -2.47. The number of carbonyl (C=O) groups is 1. The molecule has 1 N–H and O–H groups in total. The zero-order chi connectivity index (χ0) is 17.8. The number of rotatable bonds is 6. The minimum absolute atomic E-state index is 0.00474. The molecule has 130 valence electrons. The summed E-state index contributed by atoms with van der Waals surface area (Å²) in [5.74, 6) is 2.15. The Bertz CT molecular complexity index is 905. The summed E-state index contributed by atoms with van der Waals surface area (Å²) in [6.07, 6.45) is 0. The molecule has 0 radical (unpaired) electrons. The van der Waals surface area contributed by atoms with Gasteiger partial charge in [-0.05, 0) is 42.8 Å². The van der Waals surface area contributed by atoms with Gasteiger partial charge in [-0.15, -0.1) is 11.8 Å². The highest BCUT2D eigenvalue weighted by Gasteiger charge is 2.07. The van der Waals surface area contributed by atoms with Gasteiger partial charge in [0.2, 0.25) is 5.91 Å². The van der Waals surface area contributed by atoms with Crippen molar-refractivity contribution >= 4 is 28.7 Å². The Balaban J connectivity index is 1.55. The first-order valence-electron chi connectivity index (χ1n) is 8.02. The second kappa shape index (κ2) is 7.61. The minimum atomic E-state index is 0.00474. The van der Waals surface area contributed by atoms with Crippen LogP contribution in [-0.2, 0) is 18.4 Å². The van der Waals surface area contributed by atoms with Gasteiger partial charge in [-0.1, -0.05) is 12.1 Å². The number of benzene rings is 2. The largest absolute Gasteiger partial charge is 0.497 e. The smallest absolute Gasteiger partial charge is 0.230 e. The molecule has 1 amide bonds. The summed E-state index contributed by atoms with van der Waals surface area (Å²) in [6.45, 7) is 2.49. The van der Waals surface area contributed by atoms with Gasteiger partial charge in [0.1, 0.15) is 11.6 Å². The molecule has 0 fully saturated rings. The van der Waals surface area contributed by atoms with Crippen molar-refractivity contribution in [1.29, 1.82) is 0 Å². The van der Waals surface area contributed by atoms with E-state index in [4.69, 9.17) is 4.74 Å². The number of aromatic nitrogens is 2. The summed E-state index contributed by atoms with van der Waals surface area (Å²) >= 11 is 1.49. The van der Waals surface area contributed by atoms with E-state index in [1.807, 2.05) is 56.4 Å². The summed E-state index contributed by atoms with van der Waals surface area (Å²) in [6, 6.07) is 13.8. The number of aryl methyl sites for hydroxylation is 2. The van der Waals surface area contributed by atoms with Crippen LogP contribution in [0, 0.1) is 6.92 Å². The Labute approximate surface area is 151 Å². The fraction of sp³-hybridized carbons (Fsp3) is 0.263. The molecule has 1 aromatic heterocycles. The summed E-state index contributed by atoms with van der Waals surface area (Å²) in [5.41, 5.74) is 3.10. The molecule has 0 bridgehead atoms. The third-order valence-corrected chi connectivity index (χ3v) is 5.06. The van der Waals surface area contributed by atoms with Crippen LogP contribution in [0.2, 0.25) is 0 Å². The topological polar surface area (TPSA) is 56.1 Å². The monoisotopic (exact) mass is 355 g/mol. The quantitative estimate of drug-likeness (QED) is 0.689. The lowest BCUT2D eigenvalue weighted by Gasteiger charge is -2.07. The normalized spacial score (nSPS) is 10.8. The number of amides is 1. The van der Waals surface area contributed by atoms with E-state index >= 15 is 0 Å². The molecule has 0 saturated carbocycles. The van der Waals surface area contributed by atoms with Gasteiger partial charge in [0.25, 0.3) is 0 Å². The highest BCUT2D eigenvalue weighted by Crippen LogP contribution is 2.22. The lowest BCUT2D eigenvalue weighted by Crippen LogP contribution is -2.24. The maximum atomic E-state index is 12.1. The lowest BCUT2D eigenvalue weighted by atomic mass is 10.2. The molecule has 2 aromatic carbocycles. The number of carbonyl (C=O) groups excluding carboxylic acids is 1. The van der Waals surface area contributed by atoms with Crippen LogP contribution >= 0.6 is 11.8 Å². The minimum Gasteiger partial charge on any atom is -0.497 e. The highest BCUT2D eigenvalue weighted by atomic mass is 32.2. The fourth-order valence-corrected chi connectivity index (χ4v) is 3.34. The van der Waals surface area contributed by atoms with Crippen molar-refractivity contribution in [2.75, 3.05) is 12.9 Å². The van der Waals surface area contributed by atoms with E-state index < -0.39 is 0 Å². The number of fused-ring (bicyclic) bond motifs is 1. The molecule has 0 saturated heterocycles. The maximum Gasteiger partial charge on any atom is 0.230 e. The standard InChI is InChI=1S/C19H21N3O2S/c1-13-21-17-9-14(7-8-18(17)22(13)2)11-20-19(23)12-25-16-6-4-5-15(10-16)24-3/h4-10H,11-12H2,1-3H3,(H,20,23). The van der Waals surface area contributed by atoms with E-state index in [1.165, 1.54) is 11.8 Å². The van der Waals surface area contributed by atoms with Gasteiger partial charge in [-0.2, -0.15) is 0 Å². The van der Waals surface area contributed by atoms with Crippen LogP contribution in [0.25, 0.3) is 11.0 Å². The molecule has 0 unspecified atom stereocenters. The Morgan fingerprint density at radius 1 is 1.28 bits per heavy atom. The van der Waals surface area contributed by atoms with Crippen molar-refractivity contribution in [3.8, 4) is 5.75 Å². The van der Waals surface area contributed by atoms with Crippen LogP contribution in [0.4, 0.5) is 0 Å². The molecular weight excluding hydrogens is 334 g/mol. The van der Waals surface area contributed by atoms with Crippen molar-refractivity contribution in [1.82, 2.24) is 14.9 Å². The Kier molecular flexibility index (Phi) is 5.28. The Morgan fingerprint density at radius 2 is 2.12 bits per heavy atom. The zero-order valence-corrected chi connectivity index (χ0v) is 15.4. The van der Waals surface area contributed by atoms with Crippen LogP contribution in [-0.4, -0.2) is 28.3 Å². The van der Waals surface area contributed by atoms with Gasteiger partial charge in [-0.3, -0.25) is 4.79 Å². The highest BCUT2D eigenvalue weighted by molar-refractivity contribution is 8.00. The molecule has 3 rings (SSSR count). The zero-order valence-electron chi connectivity index (χ0n) is 14.6. The molecule has 1 heterocycles. The van der Waals surface area contributed by atoms with E-state index in [1.54, 1.807) is 7.11 Å². The number of hydrogen-bond acceptors (Lipinski definition) is 4. The molecule has 25 heavy (non-hydrogen) atoms. The fourth-order valence-electron chi connectivity index (χ4n) is 2.57. The van der Waals surface area contributed by atoms with Crippen molar-refractivity contribution in [2.24, 2.45) is 7.05 Å². The van der Waals surface area contributed by atoms with Gasteiger partial charge in [0.05, 0.1) is 23.9 Å². The first-order chi connectivity index (χ1) is 12.1. The van der Waals surface area contributed by atoms with Crippen molar-refractivity contribution in [2.45, 2.75) is 18.4 Å². The second-order valence-corrected chi connectivity index (χ2v) is 6.83. The molecule has 6 heteroatoms. The Morgan fingerprint density at radius 3 is 2.92 bits per heavy atom. The predicted octanol–water partition coefficient (Wildman–Crippen LogP) is 3.30. The maximum absolute atomic E-state index is 12.1. The van der Waals surface area contributed by atoms with Crippen LogP contribution in [0.3, 0.4) is 0 Å². The van der Waals surface area contributed by atoms with Gasteiger partial charge >= 0.3 is 0 Å². The molecule has 3 aromatic rings. The molecule has 0 aliphatic heterocycles.